The zero-order valence-corrected chi connectivity index (χ0v) is 14.5. The van der Waals surface area contributed by atoms with Crippen molar-refractivity contribution in [1.29, 1.82) is 0 Å². The van der Waals surface area contributed by atoms with Gasteiger partial charge in [0.25, 0.3) is 0 Å². The summed E-state index contributed by atoms with van der Waals surface area (Å²) in [6.45, 7) is 9.14. The Labute approximate surface area is 135 Å². The largest absolute Gasteiger partial charge is 0.444 e. The fraction of sp³-hybridized carbons (Fsp3) is 0.625. The molecule has 122 valence electrons. The molecule has 0 bridgehead atoms. The zero-order chi connectivity index (χ0) is 16.3. The van der Waals surface area contributed by atoms with Gasteiger partial charge < -0.3 is 14.5 Å². The van der Waals surface area contributed by atoms with E-state index < -0.39 is 5.60 Å². The molecule has 6 heteroatoms. The van der Waals surface area contributed by atoms with Crippen molar-refractivity contribution in [1.82, 2.24) is 9.80 Å². The summed E-state index contributed by atoms with van der Waals surface area (Å²) in [4.78, 5) is 28.0. The monoisotopic (exact) mass is 324 g/mol. The average molecular weight is 324 g/mol. The molecule has 0 aliphatic carbocycles. The lowest BCUT2D eigenvalue weighted by molar-refractivity contribution is -0.134. The predicted molar refractivity (Wildman–Crippen MR) is 87.0 cm³/mol. The molecule has 0 N–H and O–H groups in total. The molecule has 1 aliphatic heterocycles. The Hall–Kier alpha value is -1.56. The average Bonchev–Trinajstić information content (AvgIpc) is 2.89. The number of piperazine rings is 1. The van der Waals surface area contributed by atoms with Gasteiger partial charge in [0.2, 0.25) is 5.91 Å². The van der Waals surface area contributed by atoms with Crippen molar-refractivity contribution < 1.29 is 14.3 Å². The van der Waals surface area contributed by atoms with Gasteiger partial charge in [0.15, 0.2) is 0 Å². The summed E-state index contributed by atoms with van der Waals surface area (Å²) in [6, 6.07) is 1.98. The maximum atomic E-state index is 12.4. The number of nitrogens with zero attached hydrogens (tertiary/aromatic N) is 2. The second-order valence-electron chi connectivity index (χ2n) is 6.67. The first-order valence-electron chi connectivity index (χ1n) is 7.55. The van der Waals surface area contributed by atoms with E-state index in [1.807, 2.05) is 49.4 Å². The second-order valence-corrected chi connectivity index (χ2v) is 7.45. The highest BCUT2D eigenvalue weighted by Crippen LogP contribution is 2.16. The molecule has 1 aromatic rings. The van der Waals surface area contributed by atoms with Crippen LogP contribution in [0.5, 0.6) is 0 Å². The number of ether oxygens (including phenoxy) is 1. The van der Waals surface area contributed by atoms with Crippen LogP contribution in [0.1, 0.15) is 33.3 Å². The smallest absolute Gasteiger partial charge is 0.410 e. The van der Waals surface area contributed by atoms with Gasteiger partial charge in [-0.05, 0) is 50.1 Å². The molecule has 1 aliphatic rings. The Bertz CT molecular complexity index is 522. The number of hydrogen-bond donors (Lipinski definition) is 0. The summed E-state index contributed by atoms with van der Waals surface area (Å²) in [5, 5.41) is 3.98. The van der Waals surface area contributed by atoms with E-state index in [-0.39, 0.29) is 18.0 Å². The molecule has 1 saturated heterocycles. The third kappa shape index (κ3) is 4.47. The maximum Gasteiger partial charge on any atom is 0.410 e. The van der Waals surface area contributed by atoms with Crippen LogP contribution in [0.15, 0.2) is 16.8 Å². The minimum absolute atomic E-state index is 0.00686. The highest BCUT2D eigenvalue weighted by atomic mass is 32.1. The van der Waals surface area contributed by atoms with Gasteiger partial charge in [-0.25, -0.2) is 4.79 Å². The molecular formula is C16H24N2O3S. The van der Waals surface area contributed by atoms with Crippen LogP contribution in [-0.4, -0.2) is 53.1 Å². The Morgan fingerprint density at radius 1 is 1.36 bits per heavy atom. The molecule has 22 heavy (non-hydrogen) atoms. The van der Waals surface area contributed by atoms with Gasteiger partial charge >= 0.3 is 6.09 Å². The van der Waals surface area contributed by atoms with Crippen LogP contribution in [0, 0.1) is 0 Å². The van der Waals surface area contributed by atoms with E-state index in [1.54, 1.807) is 16.2 Å². The van der Waals surface area contributed by atoms with E-state index in [1.165, 1.54) is 0 Å². The fourth-order valence-electron chi connectivity index (χ4n) is 2.49. The normalized spacial score (nSPS) is 19.2. The van der Waals surface area contributed by atoms with Crippen LogP contribution in [0.4, 0.5) is 4.79 Å². The molecule has 1 aromatic heterocycles. The van der Waals surface area contributed by atoms with Crippen LogP contribution >= 0.6 is 11.3 Å². The van der Waals surface area contributed by atoms with Crippen molar-refractivity contribution in [2.24, 2.45) is 0 Å². The Balaban J connectivity index is 1.89. The topological polar surface area (TPSA) is 49.9 Å². The van der Waals surface area contributed by atoms with Crippen LogP contribution in [-0.2, 0) is 16.0 Å². The SMILES string of the molecule is C[C@H]1CN(C(=O)OC(C)(C)C)CCN1C(=O)Cc1ccsc1. The number of carbonyl (C=O) groups is 2. The van der Waals surface area contributed by atoms with E-state index in [2.05, 4.69) is 0 Å². The van der Waals surface area contributed by atoms with Gasteiger partial charge in [-0.2, -0.15) is 11.3 Å². The third-order valence-electron chi connectivity index (χ3n) is 3.53. The molecule has 2 heterocycles. The van der Waals surface area contributed by atoms with Crippen LogP contribution in [0.25, 0.3) is 0 Å². The molecule has 0 unspecified atom stereocenters. The molecule has 0 spiro atoms. The number of carbonyl (C=O) groups excluding carboxylic acids is 2. The number of thiophene rings is 1. The van der Waals surface area contributed by atoms with Gasteiger partial charge in [-0.3, -0.25) is 4.79 Å². The summed E-state index contributed by atoms with van der Waals surface area (Å²) in [6.07, 6.45) is 0.129. The molecule has 1 fully saturated rings. The Morgan fingerprint density at radius 2 is 2.09 bits per heavy atom. The molecule has 0 radical (unpaired) electrons. The van der Waals surface area contributed by atoms with Crippen molar-refractivity contribution in [3.05, 3.63) is 22.4 Å². The van der Waals surface area contributed by atoms with E-state index in [0.29, 0.717) is 26.1 Å². The summed E-state index contributed by atoms with van der Waals surface area (Å²) in [7, 11) is 0. The molecule has 0 aromatic carbocycles. The molecule has 1 atom stereocenters. The minimum atomic E-state index is -0.494. The van der Waals surface area contributed by atoms with Crippen molar-refractivity contribution in [2.45, 2.75) is 45.8 Å². The first-order chi connectivity index (χ1) is 10.3. The van der Waals surface area contributed by atoms with Gasteiger partial charge in [0.1, 0.15) is 5.60 Å². The lowest BCUT2D eigenvalue weighted by Crippen LogP contribution is -2.56. The van der Waals surface area contributed by atoms with Crippen molar-refractivity contribution in [3.8, 4) is 0 Å². The van der Waals surface area contributed by atoms with Gasteiger partial charge in [-0.15, -0.1) is 0 Å². The highest BCUT2D eigenvalue weighted by molar-refractivity contribution is 7.07. The summed E-state index contributed by atoms with van der Waals surface area (Å²) in [5.41, 5.74) is 0.559. The van der Waals surface area contributed by atoms with Crippen molar-refractivity contribution in [3.63, 3.8) is 0 Å². The number of amides is 2. The maximum absolute atomic E-state index is 12.4. The van der Waals surface area contributed by atoms with E-state index >= 15 is 0 Å². The summed E-state index contributed by atoms with van der Waals surface area (Å²) in [5.74, 6) is 0.120. The Morgan fingerprint density at radius 3 is 2.64 bits per heavy atom. The van der Waals surface area contributed by atoms with Gasteiger partial charge in [0, 0.05) is 25.7 Å². The second kappa shape index (κ2) is 6.69. The lowest BCUT2D eigenvalue weighted by Gasteiger charge is -2.40. The van der Waals surface area contributed by atoms with E-state index in [9.17, 15) is 9.59 Å². The number of hydrogen-bond acceptors (Lipinski definition) is 4. The summed E-state index contributed by atoms with van der Waals surface area (Å²) < 4.78 is 5.39. The lowest BCUT2D eigenvalue weighted by atomic mass is 10.1. The first-order valence-corrected chi connectivity index (χ1v) is 8.49. The molecule has 2 rings (SSSR count). The van der Waals surface area contributed by atoms with Crippen molar-refractivity contribution in [2.75, 3.05) is 19.6 Å². The van der Waals surface area contributed by atoms with E-state index in [4.69, 9.17) is 4.74 Å². The minimum Gasteiger partial charge on any atom is -0.444 e. The van der Waals surface area contributed by atoms with Crippen molar-refractivity contribution >= 4 is 23.3 Å². The molecule has 0 saturated carbocycles. The standard InChI is InChI=1S/C16H24N2O3S/c1-12-10-17(15(20)21-16(2,3)4)6-7-18(12)14(19)9-13-5-8-22-11-13/h5,8,11-12H,6-7,9-10H2,1-4H3/t12-/m0/s1. The fourth-order valence-corrected chi connectivity index (χ4v) is 3.16. The van der Waals surface area contributed by atoms with Gasteiger partial charge in [0.05, 0.1) is 6.42 Å². The van der Waals surface area contributed by atoms with Gasteiger partial charge in [-0.1, -0.05) is 0 Å². The third-order valence-corrected chi connectivity index (χ3v) is 4.27. The Kier molecular flexibility index (Phi) is 5.11. The highest BCUT2D eigenvalue weighted by Gasteiger charge is 2.31. The predicted octanol–water partition coefficient (Wildman–Crippen LogP) is 2.76. The molecular weight excluding hydrogens is 300 g/mol. The summed E-state index contributed by atoms with van der Waals surface area (Å²) >= 11 is 1.60. The quantitative estimate of drug-likeness (QED) is 0.840. The van der Waals surface area contributed by atoms with Crippen LogP contribution in [0.2, 0.25) is 0 Å². The molecule has 5 nitrogen and oxygen atoms in total. The molecule has 2 amide bonds. The van der Waals surface area contributed by atoms with Crippen LogP contribution < -0.4 is 0 Å². The number of rotatable bonds is 2. The van der Waals surface area contributed by atoms with E-state index in [0.717, 1.165) is 5.56 Å². The van der Waals surface area contributed by atoms with Crippen LogP contribution in [0.3, 0.4) is 0 Å². The zero-order valence-electron chi connectivity index (χ0n) is 13.7. The first kappa shape index (κ1) is 16.8.